The predicted octanol–water partition coefficient (Wildman–Crippen LogP) is 2.51. The van der Waals surface area contributed by atoms with Crippen molar-refractivity contribution in [3.05, 3.63) is 23.4 Å². The molecular weight excluding hydrogens is 306 g/mol. The molecule has 1 amide bonds. The van der Waals surface area contributed by atoms with Crippen LogP contribution in [-0.4, -0.2) is 57.8 Å². The molecule has 1 saturated carbocycles. The van der Waals surface area contributed by atoms with E-state index < -0.39 is 6.09 Å². The van der Waals surface area contributed by atoms with Gasteiger partial charge >= 0.3 is 6.09 Å². The number of pyridine rings is 1. The standard InChI is InChI=1S/C18H25N3O3/c22-18(23)21-10-8-16-13(11-21)5-6-17(19-16)24-15-7-9-20(12-15)14-3-1-2-4-14/h5-6,14-15H,1-4,7-12H2,(H,22,23)/t15-/m0/s1. The quantitative estimate of drug-likeness (QED) is 0.922. The van der Waals surface area contributed by atoms with Gasteiger partial charge in [-0.15, -0.1) is 0 Å². The third kappa shape index (κ3) is 3.20. The lowest BCUT2D eigenvalue weighted by molar-refractivity contribution is 0.139. The molecule has 24 heavy (non-hydrogen) atoms. The normalized spacial score (nSPS) is 25.0. The van der Waals surface area contributed by atoms with Gasteiger partial charge in [-0.3, -0.25) is 4.90 Å². The van der Waals surface area contributed by atoms with Gasteiger partial charge in [0, 0.05) is 38.2 Å². The van der Waals surface area contributed by atoms with Crippen LogP contribution in [0.4, 0.5) is 4.79 Å². The number of amides is 1. The summed E-state index contributed by atoms with van der Waals surface area (Å²) in [4.78, 5) is 19.7. The largest absolute Gasteiger partial charge is 0.473 e. The summed E-state index contributed by atoms with van der Waals surface area (Å²) in [6, 6.07) is 4.62. The molecule has 0 aromatic carbocycles. The first-order valence-electron chi connectivity index (χ1n) is 9.06. The maximum Gasteiger partial charge on any atom is 0.407 e. The van der Waals surface area contributed by atoms with Crippen molar-refractivity contribution in [3.8, 4) is 5.88 Å². The molecular formula is C18H25N3O3. The molecule has 0 spiro atoms. The summed E-state index contributed by atoms with van der Waals surface area (Å²) in [5.74, 6) is 0.691. The minimum absolute atomic E-state index is 0.232. The van der Waals surface area contributed by atoms with Crippen molar-refractivity contribution < 1.29 is 14.6 Å². The van der Waals surface area contributed by atoms with Crippen LogP contribution in [0.5, 0.6) is 5.88 Å². The lowest BCUT2D eigenvalue weighted by Gasteiger charge is -2.26. The highest BCUT2D eigenvalue weighted by Crippen LogP contribution is 2.28. The van der Waals surface area contributed by atoms with E-state index in [-0.39, 0.29) is 6.10 Å². The molecule has 1 aliphatic carbocycles. The number of carboxylic acid groups (broad SMARTS) is 1. The summed E-state index contributed by atoms with van der Waals surface area (Å²) in [6.45, 7) is 3.08. The van der Waals surface area contributed by atoms with Crippen molar-refractivity contribution in [2.75, 3.05) is 19.6 Å². The summed E-state index contributed by atoms with van der Waals surface area (Å²) < 4.78 is 6.12. The topological polar surface area (TPSA) is 65.9 Å². The molecule has 130 valence electrons. The van der Waals surface area contributed by atoms with E-state index in [9.17, 15) is 4.79 Å². The van der Waals surface area contributed by atoms with Gasteiger partial charge < -0.3 is 14.7 Å². The van der Waals surface area contributed by atoms with Gasteiger partial charge in [-0.2, -0.15) is 0 Å². The summed E-state index contributed by atoms with van der Waals surface area (Å²) in [5, 5.41) is 9.10. The summed E-state index contributed by atoms with van der Waals surface area (Å²) in [5.41, 5.74) is 1.98. The molecule has 1 atom stereocenters. The number of hydrogen-bond donors (Lipinski definition) is 1. The Morgan fingerprint density at radius 2 is 2.04 bits per heavy atom. The minimum Gasteiger partial charge on any atom is -0.473 e. The van der Waals surface area contributed by atoms with Crippen LogP contribution in [0, 0.1) is 0 Å². The van der Waals surface area contributed by atoms with Crippen LogP contribution in [0.1, 0.15) is 43.4 Å². The van der Waals surface area contributed by atoms with Crippen molar-refractivity contribution in [1.82, 2.24) is 14.8 Å². The number of rotatable bonds is 3. The van der Waals surface area contributed by atoms with Crippen molar-refractivity contribution >= 4 is 6.09 Å². The first-order valence-corrected chi connectivity index (χ1v) is 9.06. The van der Waals surface area contributed by atoms with Crippen LogP contribution < -0.4 is 4.74 Å². The number of hydrogen-bond acceptors (Lipinski definition) is 4. The Kier molecular flexibility index (Phi) is 4.31. The van der Waals surface area contributed by atoms with Crippen molar-refractivity contribution in [2.45, 2.75) is 57.2 Å². The fraction of sp³-hybridized carbons (Fsp3) is 0.667. The maximum absolute atomic E-state index is 11.1. The van der Waals surface area contributed by atoms with Gasteiger partial charge in [0.2, 0.25) is 5.88 Å². The third-order valence-corrected chi connectivity index (χ3v) is 5.60. The van der Waals surface area contributed by atoms with Crippen molar-refractivity contribution in [2.24, 2.45) is 0 Å². The number of aromatic nitrogens is 1. The van der Waals surface area contributed by atoms with E-state index in [4.69, 9.17) is 9.84 Å². The number of carbonyl (C=O) groups is 1. The zero-order chi connectivity index (χ0) is 16.5. The minimum atomic E-state index is -0.862. The summed E-state index contributed by atoms with van der Waals surface area (Å²) >= 11 is 0. The zero-order valence-electron chi connectivity index (χ0n) is 14.0. The number of nitrogens with zero attached hydrogens (tertiary/aromatic N) is 3. The molecule has 0 unspecified atom stereocenters. The molecule has 1 N–H and O–H groups in total. The second kappa shape index (κ2) is 6.59. The lowest BCUT2D eigenvalue weighted by atomic mass is 10.1. The lowest BCUT2D eigenvalue weighted by Crippen LogP contribution is -2.35. The molecule has 6 nitrogen and oxygen atoms in total. The van der Waals surface area contributed by atoms with E-state index >= 15 is 0 Å². The molecule has 1 aromatic rings. The van der Waals surface area contributed by atoms with Crippen LogP contribution in [0.15, 0.2) is 12.1 Å². The fourth-order valence-electron chi connectivity index (χ4n) is 4.25. The van der Waals surface area contributed by atoms with Crippen LogP contribution >= 0.6 is 0 Å². The molecule has 3 heterocycles. The summed E-state index contributed by atoms with van der Waals surface area (Å²) in [6.07, 6.45) is 6.51. The Bertz CT molecular complexity index is 616. The van der Waals surface area contributed by atoms with Gasteiger partial charge in [-0.05, 0) is 24.8 Å². The highest BCUT2D eigenvalue weighted by molar-refractivity contribution is 5.65. The average molecular weight is 331 g/mol. The smallest absolute Gasteiger partial charge is 0.407 e. The molecule has 2 aliphatic heterocycles. The molecule has 4 rings (SSSR count). The van der Waals surface area contributed by atoms with Gasteiger partial charge in [0.15, 0.2) is 0 Å². The summed E-state index contributed by atoms with van der Waals surface area (Å²) in [7, 11) is 0. The number of likely N-dealkylation sites (tertiary alicyclic amines) is 1. The molecule has 0 bridgehead atoms. The monoisotopic (exact) mass is 331 g/mol. The molecule has 1 saturated heterocycles. The maximum atomic E-state index is 11.1. The van der Waals surface area contributed by atoms with E-state index in [0.29, 0.717) is 25.4 Å². The van der Waals surface area contributed by atoms with E-state index in [1.807, 2.05) is 12.1 Å². The van der Waals surface area contributed by atoms with Gasteiger partial charge in [-0.25, -0.2) is 9.78 Å². The van der Waals surface area contributed by atoms with Crippen molar-refractivity contribution in [3.63, 3.8) is 0 Å². The second-order valence-electron chi connectivity index (χ2n) is 7.17. The number of ether oxygens (including phenoxy) is 1. The Labute approximate surface area is 142 Å². The zero-order valence-corrected chi connectivity index (χ0v) is 14.0. The van der Waals surface area contributed by atoms with Crippen LogP contribution in [0.2, 0.25) is 0 Å². The van der Waals surface area contributed by atoms with Gasteiger partial charge in [0.05, 0.1) is 12.2 Å². The van der Waals surface area contributed by atoms with E-state index in [2.05, 4.69) is 9.88 Å². The Morgan fingerprint density at radius 3 is 2.83 bits per heavy atom. The first-order chi connectivity index (χ1) is 11.7. The second-order valence-corrected chi connectivity index (χ2v) is 7.17. The Hall–Kier alpha value is -1.82. The Morgan fingerprint density at radius 1 is 1.21 bits per heavy atom. The van der Waals surface area contributed by atoms with Crippen LogP contribution in [0.25, 0.3) is 0 Å². The van der Waals surface area contributed by atoms with Crippen molar-refractivity contribution in [1.29, 1.82) is 0 Å². The van der Waals surface area contributed by atoms with E-state index in [1.165, 1.54) is 30.6 Å². The molecule has 6 heteroatoms. The Balaban J connectivity index is 1.37. The van der Waals surface area contributed by atoms with E-state index in [1.54, 1.807) is 0 Å². The first kappa shape index (κ1) is 15.7. The molecule has 0 radical (unpaired) electrons. The highest BCUT2D eigenvalue weighted by Gasteiger charge is 2.31. The van der Waals surface area contributed by atoms with E-state index in [0.717, 1.165) is 36.8 Å². The van der Waals surface area contributed by atoms with Crippen LogP contribution in [-0.2, 0) is 13.0 Å². The number of fused-ring (bicyclic) bond motifs is 1. The van der Waals surface area contributed by atoms with Gasteiger partial charge in [0.25, 0.3) is 0 Å². The molecule has 2 fully saturated rings. The molecule has 3 aliphatic rings. The third-order valence-electron chi connectivity index (χ3n) is 5.60. The van der Waals surface area contributed by atoms with Gasteiger partial charge in [0.1, 0.15) is 6.10 Å². The van der Waals surface area contributed by atoms with Crippen LogP contribution in [0.3, 0.4) is 0 Å². The predicted molar refractivity (Wildman–Crippen MR) is 89.2 cm³/mol. The molecule has 1 aromatic heterocycles. The average Bonchev–Trinajstić information content (AvgIpc) is 3.25. The van der Waals surface area contributed by atoms with Gasteiger partial charge in [-0.1, -0.05) is 18.9 Å². The fourth-order valence-corrected chi connectivity index (χ4v) is 4.25. The SMILES string of the molecule is O=C(O)N1CCc2nc(O[C@H]3CCN(C4CCCC4)C3)ccc2C1. The highest BCUT2D eigenvalue weighted by atomic mass is 16.5.